The van der Waals surface area contributed by atoms with Crippen molar-refractivity contribution in [2.75, 3.05) is 46.1 Å². The first kappa shape index (κ1) is 31.6. The Balaban J connectivity index is 0.869. The number of nitrogens with one attached hydrogen (secondary N) is 4. The minimum atomic E-state index is -0.556. The Hall–Kier alpha value is -1.34. The Labute approximate surface area is 257 Å². The zero-order valence-electron chi connectivity index (χ0n) is 26.3. The molecule has 2 amide bonds. The van der Waals surface area contributed by atoms with Crippen LogP contribution < -0.4 is 21.3 Å². The molecule has 0 aromatic heterocycles. The third-order valence-electron chi connectivity index (χ3n) is 11.4. The molecule has 5 heterocycles. The third kappa shape index (κ3) is 7.91. The van der Waals surface area contributed by atoms with E-state index < -0.39 is 6.10 Å². The van der Waals surface area contributed by atoms with E-state index in [1.165, 1.54) is 6.42 Å². The van der Waals surface area contributed by atoms with Crippen LogP contribution in [0, 0.1) is 17.8 Å². The lowest BCUT2D eigenvalue weighted by molar-refractivity contribution is -0.133. The minimum absolute atomic E-state index is 0.0483. The van der Waals surface area contributed by atoms with Gasteiger partial charge in [-0.25, -0.2) is 0 Å². The van der Waals surface area contributed by atoms with Gasteiger partial charge in [-0.2, -0.15) is 0 Å². The number of aliphatic hydroxyl groups excluding tert-OH is 1. The standard InChI is InChI=1S/C32H56N6O5/c1-20-30(43-19-35-20)18-42-29-6-3-24-16-37(10-8-22(24)11-29)17-28(40)15-34-32(41)23-7-9-33-31(12-23)36-25-13-26-4-5-27(14-25)38(26)21(2)39/h20,22-31,33,35-36,40H,3-19H2,1-2H3,(H,34,41)/t20?,22?,23?,24?,25?,26-,27+,28-,29?,30?,31?/m0/s1. The number of carbonyl (C=O) groups is 2. The van der Waals surface area contributed by atoms with Crippen LogP contribution in [0.5, 0.6) is 0 Å². The summed E-state index contributed by atoms with van der Waals surface area (Å²) in [4.78, 5) is 29.6. The van der Waals surface area contributed by atoms with Crippen LogP contribution >= 0.6 is 0 Å². The van der Waals surface area contributed by atoms with Gasteiger partial charge in [-0.15, -0.1) is 0 Å². The van der Waals surface area contributed by atoms with Gasteiger partial charge in [0, 0.05) is 56.6 Å². The number of hydrogen-bond acceptors (Lipinski definition) is 9. The number of likely N-dealkylation sites (tertiary alicyclic amines) is 1. The van der Waals surface area contributed by atoms with Gasteiger partial charge in [-0.1, -0.05) is 0 Å². The van der Waals surface area contributed by atoms with E-state index in [9.17, 15) is 14.7 Å². The molecule has 6 aliphatic rings. The van der Waals surface area contributed by atoms with E-state index in [0.29, 0.717) is 68.5 Å². The Morgan fingerprint density at radius 1 is 1.02 bits per heavy atom. The van der Waals surface area contributed by atoms with Crippen LogP contribution in [-0.2, 0) is 19.1 Å². The molecule has 11 nitrogen and oxygen atoms in total. The molecule has 0 spiro atoms. The molecule has 5 N–H and O–H groups in total. The van der Waals surface area contributed by atoms with Crippen molar-refractivity contribution < 1.29 is 24.2 Å². The Bertz CT molecular complexity index is 943. The zero-order valence-corrected chi connectivity index (χ0v) is 26.3. The number of rotatable bonds is 10. The van der Waals surface area contributed by atoms with Crippen LogP contribution in [0.2, 0.25) is 0 Å². The quantitative estimate of drug-likeness (QED) is 0.246. The summed E-state index contributed by atoms with van der Waals surface area (Å²) in [5.41, 5.74) is 0. The molecule has 11 heteroatoms. The number of aliphatic hydroxyl groups is 1. The summed E-state index contributed by atoms with van der Waals surface area (Å²) >= 11 is 0. The number of nitrogens with zero attached hydrogens (tertiary/aromatic N) is 2. The molecule has 6 rings (SSSR count). The maximum atomic E-state index is 13.1. The Kier molecular flexibility index (Phi) is 10.6. The highest BCUT2D eigenvalue weighted by Gasteiger charge is 2.43. The van der Waals surface area contributed by atoms with Gasteiger partial charge in [-0.05, 0) is 96.1 Å². The molecule has 1 aliphatic carbocycles. The van der Waals surface area contributed by atoms with E-state index in [0.717, 1.165) is 77.4 Å². The van der Waals surface area contributed by atoms with Gasteiger partial charge >= 0.3 is 0 Å². The van der Waals surface area contributed by atoms with Gasteiger partial charge in [0.25, 0.3) is 0 Å². The number of β-amino-alcohol motifs (C(OH)–C–C–N with tert-alkyl or cyclic N) is 1. The van der Waals surface area contributed by atoms with Gasteiger partial charge in [0.2, 0.25) is 11.8 Å². The van der Waals surface area contributed by atoms with Crippen molar-refractivity contribution in [3.05, 3.63) is 0 Å². The van der Waals surface area contributed by atoms with Gasteiger partial charge in [0.05, 0.1) is 37.8 Å². The molecule has 43 heavy (non-hydrogen) atoms. The minimum Gasteiger partial charge on any atom is -0.390 e. The first-order valence-corrected chi connectivity index (χ1v) is 17.3. The molecule has 8 unspecified atom stereocenters. The number of carbonyl (C=O) groups excluding carboxylic acids is 2. The number of fused-ring (bicyclic) bond motifs is 3. The highest BCUT2D eigenvalue weighted by Crippen LogP contribution is 2.38. The van der Waals surface area contributed by atoms with E-state index in [1.807, 2.05) is 0 Å². The normalized spacial score (nSPS) is 40.7. The molecule has 0 aromatic carbocycles. The summed E-state index contributed by atoms with van der Waals surface area (Å²) in [7, 11) is 0. The second-order valence-electron chi connectivity index (χ2n) is 14.5. The van der Waals surface area contributed by atoms with Gasteiger partial charge in [-0.3, -0.25) is 20.2 Å². The van der Waals surface area contributed by atoms with Crippen molar-refractivity contribution in [1.82, 2.24) is 31.1 Å². The van der Waals surface area contributed by atoms with E-state index in [-0.39, 0.29) is 30.0 Å². The van der Waals surface area contributed by atoms with Crippen LogP contribution in [0.1, 0.15) is 78.1 Å². The van der Waals surface area contributed by atoms with Gasteiger partial charge in [0.1, 0.15) is 0 Å². The van der Waals surface area contributed by atoms with E-state index in [4.69, 9.17) is 9.47 Å². The van der Waals surface area contributed by atoms with E-state index in [1.54, 1.807) is 6.92 Å². The highest BCUT2D eigenvalue weighted by molar-refractivity contribution is 5.78. The first-order chi connectivity index (χ1) is 20.8. The smallest absolute Gasteiger partial charge is 0.223 e. The van der Waals surface area contributed by atoms with Crippen LogP contribution in [-0.4, -0.2) is 121 Å². The number of piperidine rings is 3. The molecule has 5 saturated heterocycles. The van der Waals surface area contributed by atoms with Crippen molar-refractivity contribution in [1.29, 1.82) is 0 Å². The maximum absolute atomic E-state index is 13.1. The summed E-state index contributed by atoms with van der Waals surface area (Å²) in [5, 5.41) is 24.5. The molecule has 244 valence electrons. The van der Waals surface area contributed by atoms with Crippen LogP contribution in [0.3, 0.4) is 0 Å². The summed E-state index contributed by atoms with van der Waals surface area (Å²) in [6, 6.07) is 1.45. The first-order valence-electron chi connectivity index (χ1n) is 17.3. The van der Waals surface area contributed by atoms with Crippen molar-refractivity contribution in [2.24, 2.45) is 17.8 Å². The molecular formula is C32H56N6O5. The number of hydrogen-bond donors (Lipinski definition) is 5. The molecule has 2 bridgehead atoms. The lowest BCUT2D eigenvalue weighted by Crippen LogP contribution is -2.57. The molecule has 11 atom stereocenters. The molecule has 5 aliphatic heterocycles. The van der Waals surface area contributed by atoms with Crippen molar-refractivity contribution in [3.63, 3.8) is 0 Å². The van der Waals surface area contributed by atoms with Crippen molar-refractivity contribution >= 4 is 11.8 Å². The number of ether oxygens (including phenoxy) is 2. The lowest BCUT2D eigenvalue weighted by atomic mass is 9.74. The van der Waals surface area contributed by atoms with Crippen LogP contribution in [0.25, 0.3) is 0 Å². The number of amides is 2. The summed E-state index contributed by atoms with van der Waals surface area (Å²) in [6.45, 7) is 8.91. The zero-order chi connectivity index (χ0) is 29.9. The maximum Gasteiger partial charge on any atom is 0.223 e. The molecule has 1 saturated carbocycles. The average molecular weight is 605 g/mol. The topological polar surface area (TPSA) is 127 Å². The van der Waals surface area contributed by atoms with Crippen molar-refractivity contribution in [3.8, 4) is 0 Å². The van der Waals surface area contributed by atoms with E-state index in [2.05, 4.69) is 38.0 Å². The summed E-state index contributed by atoms with van der Waals surface area (Å²) < 4.78 is 12.0. The fourth-order valence-electron chi connectivity index (χ4n) is 9.07. The Morgan fingerprint density at radius 3 is 2.58 bits per heavy atom. The van der Waals surface area contributed by atoms with Crippen molar-refractivity contribution in [2.45, 2.75) is 127 Å². The second kappa shape index (κ2) is 14.4. The SMILES string of the molecule is CC(=O)N1[C@@H]2CC[C@H]1CC(NC1CC(C(=O)NC[C@H](O)CN3CCC4CC(OCC5OCNC5C)CCC4C3)CCN1)C2. The van der Waals surface area contributed by atoms with Gasteiger partial charge < -0.3 is 35.0 Å². The summed E-state index contributed by atoms with van der Waals surface area (Å²) in [6.07, 6.45) is 10.4. The molecule has 6 fully saturated rings. The molecular weight excluding hydrogens is 548 g/mol. The fourth-order valence-corrected chi connectivity index (χ4v) is 9.07. The lowest BCUT2D eigenvalue weighted by Gasteiger charge is -2.44. The largest absolute Gasteiger partial charge is 0.390 e. The summed E-state index contributed by atoms with van der Waals surface area (Å²) in [5.74, 6) is 1.58. The predicted octanol–water partition coefficient (Wildman–Crippen LogP) is 0.762. The average Bonchev–Trinajstić information content (AvgIpc) is 3.54. The van der Waals surface area contributed by atoms with Crippen LogP contribution in [0.4, 0.5) is 0 Å². The van der Waals surface area contributed by atoms with Gasteiger partial charge in [0.15, 0.2) is 0 Å². The molecule has 0 aromatic rings. The predicted molar refractivity (Wildman–Crippen MR) is 163 cm³/mol. The Morgan fingerprint density at radius 2 is 1.84 bits per heavy atom. The van der Waals surface area contributed by atoms with Crippen LogP contribution in [0.15, 0.2) is 0 Å². The highest BCUT2D eigenvalue weighted by atomic mass is 16.5. The van der Waals surface area contributed by atoms with E-state index >= 15 is 0 Å². The molecule has 0 radical (unpaired) electrons. The fraction of sp³-hybridized carbons (Fsp3) is 0.938. The third-order valence-corrected chi connectivity index (χ3v) is 11.4. The second-order valence-corrected chi connectivity index (χ2v) is 14.5. The monoisotopic (exact) mass is 604 g/mol.